The number of benzene rings is 1. The SMILES string of the molecule is COC(=O)NC(=O)[C@@H](C)Sc1nnc(-c2ccccc2F)n1C1CC1. The summed E-state index contributed by atoms with van der Waals surface area (Å²) in [5, 5.41) is 10.3. The zero-order valence-electron chi connectivity index (χ0n) is 13.7. The van der Waals surface area contributed by atoms with Gasteiger partial charge >= 0.3 is 6.09 Å². The van der Waals surface area contributed by atoms with E-state index in [0.29, 0.717) is 16.5 Å². The number of nitrogens with one attached hydrogen (secondary N) is 1. The second-order valence-electron chi connectivity index (χ2n) is 5.63. The van der Waals surface area contributed by atoms with Gasteiger partial charge in [-0.05, 0) is 31.9 Å². The molecule has 1 aromatic carbocycles. The molecule has 7 nitrogen and oxygen atoms in total. The lowest BCUT2D eigenvalue weighted by molar-refractivity contribution is -0.119. The van der Waals surface area contributed by atoms with E-state index >= 15 is 0 Å². The zero-order valence-corrected chi connectivity index (χ0v) is 14.5. The molecule has 0 unspecified atom stereocenters. The van der Waals surface area contributed by atoms with Crippen LogP contribution in [0.5, 0.6) is 0 Å². The van der Waals surface area contributed by atoms with Crippen molar-refractivity contribution in [2.24, 2.45) is 0 Å². The first-order valence-electron chi connectivity index (χ1n) is 7.76. The van der Waals surface area contributed by atoms with Gasteiger partial charge in [0.1, 0.15) is 5.82 Å². The minimum Gasteiger partial charge on any atom is -0.453 e. The number of imide groups is 1. The van der Waals surface area contributed by atoms with Crippen molar-refractivity contribution in [2.75, 3.05) is 7.11 Å². The summed E-state index contributed by atoms with van der Waals surface area (Å²) >= 11 is 1.17. The standard InChI is InChI=1S/C16H17FN4O3S/c1-9(14(22)18-16(23)24-2)25-15-20-19-13(21(15)10-7-8-10)11-5-3-4-6-12(11)17/h3-6,9-10H,7-8H2,1-2H3,(H,18,22,23)/t9-/m1/s1. The summed E-state index contributed by atoms with van der Waals surface area (Å²) in [6.07, 6.45) is 1.10. The Hall–Kier alpha value is -2.42. The van der Waals surface area contributed by atoms with Crippen molar-refractivity contribution >= 4 is 23.8 Å². The maximum atomic E-state index is 14.1. The maximum absolute atomic E-state index is 14.1. The lowest BCUT2D eigenvalue weighted by Crippen LogP contribution is -2.36. The Balaban J connectivity index is 1.85. The monoisotopic (exact) mass is 364 g/mol. The van der Waals surface area contributed by atoms with E-state index in [1.165, 1.54) is 24.9 Å². The van der Waals surface area contributed by atoms with Crippen molar-refractivity contribution in [1.82, 2.24) is 20.1 Å². The largest absolute Gasteiger partial charge is 0.453 e. The molecule has 1 aliphatic rings. The van der Waals surface area contributed by atoms with E-state index in [0.717, 1.165) is 12.8 Å². The van der Waals surface area contributed by atoms with E-state index in [1.807, 2.05) is 4.57 Å². The van der Waals surface area contributed by atoms with Crippen LogP contribution in [0.25, 0.3) is 11.4 Å². The fraction of sp³-hybridized carbons (Fsp3) is 0.375. The quantitative estimate of drug-likeness (QED) is 0.821. The summed E-state index contributed by atoms with van der Waals surface area (Å²) in [5.41, 5.74) is 0.375. The predicted molar refractivity (Wildman–Crippen MR) is 89.6 cm³/mol. The van der Waals surface area contributed by atoms with Gasteiger partial charge in [0, 0.05) is 6.04 Å². The molecule has 1 aromatic heterocycles. The number of hydrogen-bond donors (Lipinski definition) is 1. The van der Waals surface area contributed by atoms with Crippen molar-refractivity contribution < 1.29 is 18.7 Å². The number of amides is 2. The van der Waals surface area contributed by atoms with E-state index < -0.39 is 17.3 Å². The Bertz CT molecular complexity index is 806. The Morgan fingerprint density at radius 3 is 2.72 bits per heavy atom. The van der Waals surface area contributed by atoms with Gasteiger partial charge in [-0.3, -0.25) is 14.7 Å². The highest BCUT2D eigenvalue weighted by atomic mass is 32.2. The van der Waals surface area contributed by atoms with Crippen LogP contribution in [0.3, 0.4) is 0 Å². The molecule has 2 aromatic rings. The molecule has 132 valence electrons. The van der Waals surface area contributed by atoms with Crippen molar-refractivity contribution in [3.8, 4) is 11.4 Å². The number of halogens is 1. The van der Waals surface area contributed by atoms with E-state index in [4.69, 9.17) is 0 Å². The number of aromatic nitrogens is 3. The van der Waals surface area contributed by atoms with Crippen molar-refractivity contribution in [1.29, 1.82) is 0 Å². The third kappa shape index (κ3) is 3.81. The number of ether oxygens (including phenoxy) is 1. The third-order valence-corrected chi connectivity index (χ3v) is 4.81. The van der Waals surface area contributed by atoms with E-state index in [9.17, 15) is 14.0 Å². The average molecular weight is 364 g/mol. The number of rotatable bonds is 5. The zero-order chi connectivity index (χ0) is 18.0. The van der Waals surface area contributed by atoms with Crippen LogP contribution in [0.15, 0.2) is 29.4 Å². The molecule has 3 rings (SSSR count). The van der Waals surface area contributed by atoms with Crippen molar-refractivity contribution in [3.05, 3.63) is 30.1 Å². The van der Waals surface area contributed by atoms with Gasteiger partial charge in [0.2, 0.25) is 5.91 Å². The van der Waals surface area contributed by atoms with Gasteiger partial charge in [-0.2, -0.15) is 0 Å². The fourth-order valence-corrected chi connectivity index (χ4v) is 3.23. The average Bonchev–Trinajstić information content (AvgIpc) is 3.36. The number of methoxy groups -OCH3 is 1. The highest BCUT2D eigenvalue weighted by Crippen LogP contribution is 2.42. The van der Waals surface area contributed by atoms with Crippen molar-refractivity contribution in [3.63, 3.8) is 0 Å². The van der Waals surface area contributed by atoms with Crippen molar-refractivity contribution in [2.45, 2.75) is 36.2 Å². The van der Waals surface area contributed by atoms with Crippen LogP contribution in [0.1, 0.15) is 25.8 Å². The molecule has 1 fully saturated rings. The molecule has 0 bridgehead atoms. The molecule has 0 aliphatic heterocycles. The Labute approximate surface area is 148 Å². The number of carbonyl (C=O) groups excluding carboxylic acids is 2. The fourth-order valence-electron chi connectivity index (χ4n) is 2.31. The van der Waals surface area contributed by atoms with Crippen LogP contribution in [0.2, 0.25) is 0 Å². The molecule has 1 aliphatic carbocycles. The molecule has 9 heteroatoms. The van der Waals surface area contributed by atoms with Crippen LogP contribution in [0.4, 0.5) is 9.18 Å². The molecule has 1 N–H and O–H groups in total. The summed E-state index contributed by atoms with van der Waals surface area (Å²) in [6, 6.07) is 6.58. The Morgan fingerprint density at radius 2 is 2.08 bits per heavy atom. The lowest BCUT2D eigenvalue weighted by Gasteiger charge is -2.12. The Morgan fingerprint density at radius 1 is 1.36 bits per heavy atom. The highest BCUT2D eigenvalue weighted by molar-refractivity contribution is 8.00. The first kappa shape index (κ1) is 17.4. The molecule has 0 spiro atoms. The molecule has 0 saturated heterocycles. The minimum absolute atomic E-state index is 0.197. The molecule has 25 heavy (non-hydrogen) atoms. The smallest absolute Gasteiger partial charge is 0.413 e. The summed E-state index contributed by atoms with van der Waals surface area (Å²) in [6.45, 7) is 1.65. The van der Waals surface area contributed by atoms with Crippen LogP contribution >= 0.6 is 11.8 Å². The summed E-state index contributed by atoms with van der Waals surface area (Å²) < 4.78 is 20.4. The summed E-state index contributed by atoms with van der Waals surface area (Å²) in [5.74, 6) is -0.414. The Kier molecular flexibility index (Phi) is 5.03. The molecular formula is C16H17FN4O3S. The molecular weight excluding hydrogens is 347 g/mol. The first-order chi connectivity index (χ1) is 12.0. The van der Waals surface area contributed by atoms with Crippen LogP contribution in [-0.4, -0.2) is 39.1 Å². The molecule has 1 atom stereocenters. The normalized spacial score (nSPS) is 14.8. The van der Waals surface area contributed by atoms with Gasteiger partial charge in [0.25, 0.3) is 0 Å². The number of thioether (sulfide) groups is 1. The third-order valence-electron chi connectivity index (χ3n) is 3.75. The first-order valence-corrected chi connectivity index (χ1v) is 8.64. The van der Waals surface area contributed by atoms with Crippen LogP contribution < -0.4 is 5.32 Å². The molecule has 0 radical (unpaired) electrons. The van der Waals surface area contributed by atoms with Gasteiger partial charge in [0.15, 0.2) is 11.0 Å². The highest BCUT2D eigenvalue weighted by Gasteiger charge is 2.32. The summed E-state index contributed by atoms with van der Waals surface area (Å²) in [4.78, 5) is 23.1. The van der Waals surface area contributed by atoms with E-state index in [2.05, 4.69) is 20.3 Å². The predicted octanol–water partition coefficient (Wildman–Crippen LogP) is 2.78. The van der Waals surface area contributed by atoms with Crippen LogP contribution in [-0.2, 0) is 9.53 Å². The maximum Gasteiger partial charge on any atom is 0.413 e. The second kappa shape index (κ2) is 7.22. The summed E-state index contributed by atoms with van der Waals surface area (Å²) in [7, 11) is 1.19. The van der Waals surface area contributed by atoms with Gasteiger partial charge < -0.3 is 4.74 Å². The van der Waals surface area contributed by atoms with Gasteiger partial charge in [-0.15, -0.1) is 10.2 Å². The van der Waals surface area contributed by atoms with Gasteiger partial charge in [-0.25, -0.2) is 9.18 Å². The topological polar surface area (TPSA) is 86.1 Å². The number of hydrogen-bond acceptors (Lipinski definition) is 6. The van der Waals surface area contributed by atoms with Crippen LogP contribution in [0, 0.1) is 5.82 Å². The number of carbonyl (C=O) groups is 2. The lowest BCUT2D eigenvalue weighted by atomic mass is 10.2. The molecule has 1 saturated carbocycles. The number of alkyl carbamates (subject to hydrolysis) is 1. The van der Waals surface area contributed by atoms with E-state index in [-0.39, 0.29) is 11.9 Å². The minimum atomic E-state index is -0.812. The molecule has 2 amide bonds. The second-order valence-corrected chi connectivity index (χ2v) is 6.94. The van der Waals surface area contributed by atoms with Gasteiger partial charge in [0.05, 0.1) is 17.9 Å². The number of nitrogens with zero attached hydrogens (tertiary/aromatic N) is 3. The van der Waals surface area contributed by atoms with E-state index in [1.54, 1.807) is 25.1 Å². The molecule has 1 heterocycles. The van der Waals surface area contributed by atoms with Gasteiger partial charge in [-0.1, -0.05) is 23.9 Å².